The van der Waals surface area contributed by atoms with E-state index in [4.69, 9.17) is 21.1 Å². The van der Waals surface area contributed by atoms with E-state index in [-0.39, 0.29) is 45.7 Å². The molecule has 0 saturated carbocycles. The summed E-state index contributed by atoms with van der Waals surface area (Å²) in [5.74, 6) is -0.438. The molecule has 3 rings (SSSR count). The second-order valence-corrected chi connectivity index (χ2v) is 11.0. The van der Waals surface area contributed by atoms with Crippen LogP contribution in [-0.4, -0.2) is 66.7 Å². The molecule has 1 saturated heterocycles. The molecule has 1 aliphatic heterocycles. The zero-order chi connectivity index (χ0) is 23.5. The molecule has 13 heteroatoms. The summed E-state index contributed by atoms with van der Waals surface area (Å²) in [6, 6.07) is 8.19. The number of morpholine rings is 1. The van der Waals surface area contributed by atoms with E-state index in [1.165, 1.54) is 47.8 Å². The molecule has 1 amide bonds. The number of carbonyl (C=O) groups excluding carboxylic acids is 1. The Balaban J connectivity index is 1.92. The van der Waals surface area contributed by atoms with Gasteiger partial charge in [0.05, 0.1) is 47.7 Å². The van der Waals surface area contributed by atoms with Crippen LogP contribution in [0.15, 0.2) is 41.3 Å². The molecule has 0 aliphatic carbocycles. The van der Waals surface area contributed by atoms with Crippen molar-refractivity contribution in [2.45, 2.75) is 4.90 Å². The SMILES string of the molecule is COc1ccc(S(=O)(=O)N2CCOCC2)cc1NC(=O)c1cc(NS(C)(=O)=O)ccc1Cl. The molecular formula is C19H22ClN3O7S2. The maximum atomic E-state index is 13.0. The van der Waals surface area contributed by atoms with Crippen molar-refractivity contribution < 1.29 is 31.1 Å². The zero-order valence-electron chi connectivity index (χ0n) is 17.3. The summed E-state index contributed by atoms with van der Waals surface area (Å²) in [5.41, 5.74) is 0.255. The van der Waals surface area contributed by atoms with Crippen LogP contribution >= 0.6 is 11.6 Å². The standard InChI is InChI=1S/C19H22ClN3O7S2/c1-29-18-6-4-14(32(27,28)23-7-9-30-10-8-23)12-17(18)21-19(24)15-11-13(3-5-16(15)20)22-31(2,25)26/h3-6,11-12,22H,7-10H2,1-2H3,(H,21,24). The predicted octanol–water partition coefficient (Wildman–Crippen LogP) is 1.99. The summed E-state index contributed by atoms with van der Waals surface area (Å²) in [6.07, 6.45) is 0.979. The van der Waals surface area contributed by atoms with Crippen LogP contribution in [0.2, 0.25) is 5.02 Å². The summed E-state index contributed by atoms with van der Waals surface area (Å²) in [6.45, 7) is 1.06. The number of hydrogen-bond acceptors (Lipinski definition) is 7. The van der Waals surface area contributed by atoms with Gasteiger partial charge < -0.3 is 14.8 Å². The third-order valence-electron chi connectivity index (χ3n) is 4.54. The minimum Gasteiger partial charge on any atom is -0.495 e. The van der Waals surface area contributed by atoms with E-state index in [1.54, 1.807) is 0 Å². The number of nitrogens with one attached hydrogen (secondary N) is 2. The van der Waals surface area contributed by atoms with Gasteiger partial charge in [0.2, 0.25) is 20.0 Å². The average Bonchev–Trinajstić information content (AvgIpc) is 2.74. The van der Waals surface area contributed by atoms with Gasteiger partial charge in [-0.25, -0.2) is 16.8 Å². The molecule has 0 radical (unpaired) electrons. The lowest BCUT2D eigenvalue weighted by molar-refractivity contribution is 0.0730. The highest BCUT2D eigenvalue weighted by Crippen LogP contribution is 2.31. The van der Waals surface area contributed by atoms with Crippen molar-refractivity contribution in [3.05, 3.63) is 47.0 Å². The largest absolute Gasteiger partial charge is 0.495 e. The second kappa shape index (κ2) is 9.63. The van der Waals surface area contributed by atoms with E-state index in [9.17, 15) is 21.6 Å². The van der Waals surface area contributed by atoms with Gasteiger partial charge in [-0.1, -0.05) is 11.6 Å². The molecule has 2 aromatic carbocycles. The number of anilines is 2. The highest BCUT2D eigenvalue weighted by molar-refractivity contribution is 7.92. The van der Waals surface area contributed by atoms with Crippen LogP contribution in [0.1, 0.15) is 10.4 Å². The normalized spacial score (nSPS) is 15.2. The highest BCUT2D eigenvalue weighted by atomic mass is 35.5. The molecule has 0 bridgehead atoms. The van der Waals surface area contributed by atoms with Crippen LogP contribution in [0.5, 0.6) is 5.75 Å². The van der Waals surface area contributed by atoms with Gasteiger partial charge in [0.25, 0.3) is 5.91 Å². The molecule has 10 nitrogen and oxygen atoms in total. The topological polar surface area (TPSA) is 131 Å². The van der Waals surface area contributed by atoms with Crippen molar-refractivity contribution >= 4 is 48.9 Å². The highest BCUT2D eigenvalue weighted by Gasteiger charge is 2.27. The zero-order valence-corrected chi connectivity index (χ0v) is 19.7. The first-order valence-electron chi connectivity index (χ1n) is 9.36. The van der Waals surface area contributed by atoms with Crippen LogP contribution in [-0.2, 0) is 24.8 Å². The fourth-order valence-electron chi connectivity index (χ4n) is 3.05. The summed E-state index contributed by atoms with van der Waals surface area (Å²) in [4.78, 5) is 12.9. The summed E-state index contributed by atoms with van der Waals surface area (Å²) in [7, 11) is -5.98. The van der Waals surface area contributed by atoms with Crippen molar-refractivity contribution in [1.82, 2.24) is 4.31 Å². The van der Waals surface area contributed by atoms with Crippen LogP contribution in [0, 0.1) is 0 Å². The maximum Gasteiger partial charge on any atom is 0.257 e. The Kier molecular flexibility index (Phi) is 7.30. The number of ether oxygens (including phenoxy) is 2. The number of methoxy groups -OCH3 is 1. The van der Waals surface area contributed by atoms with Gasteiger partial charge in [0.15, 0.2) is 0 Å². The lowest BCUT2D eigenvalue weighted by atomic mass is 10.2. The molecule has 0 spiro atoms. The third-order valence-corrected chi connectivity index (χ3v) is 7.37. The van der Waals surface area contributed by atoms with Crippen LogP contribution in [0.3, 0.4) is 0 Å². The van der Waals surface area contributed by atoms with Crippen molar-refractivity contribution in [3.63, 3.8) is 0 Å². The molecule has 0 atom stereocenters. The van der Waals surface area contributed by atoms with Gasteiger partial charge in [-0.15, -0.1) is 0 Å². The summed E-state index contributed by atoms with van der Waals surface area (Å²) < 4.78 is 62.9. The van der Waals surface area contributed by atoms with Gasteiger partial charge in [-0.05, 0) is 36.4 Å². The van der Waals surface area contributed by atoms with Crippen LogP contribution < -0.4 is 14.8 Å². The van der Waals surface area contributed by atoms with Crippen molar-refractivity contribution in [1.29, 1.82) is 0 Å². The lowest BCUT2D eigenvalue weighted by Crippen LogP contribution is -2.40. The van der Waals surface area contributed by atoms with Gasteiger partial charge in [-0.2, -0.15) is 4.31 Å². The van der Waals surface area contributed by atoms with E-state index in [1.807, 2.05) is 0 Å². The number of nitrogens with zero attached hydrogens (tertiary/aromatic N) is 1. The van der Waals surface area contributed by atoms with Gasteiger partial charge in [-0.3, -0.25) is 9.52 Å². The number of halogens is 1. The van der Waals surface area contributed by atoms with E-state index < -0.39 is 26.0 Å². The molecule has 1 aliphatic rings. The monoisotopic (exact) mass is 503 g/mol. The van der Waals surface area contributed by atoms with Gasteiger partial charge in [0, 0.05) is 18.8 Å². The quantitative estimate of drug-likeness (QED) is 0.590. The minimum atomic E-state index is -3.80. The molecule has 32 heavy (non-hydrogen) atoms. The number of sulfonamides is 2. The Morgan fingerprint density at radius 1 is 1.09 bits per heavy atom. The summed E-state index contributed by atoms with van der Waals surface area (Å²) >= 11 is 6.12. The number of amides is 1. The van der Waals surface area contributed by atoms with Crippen molar-refractivity contribution in [2.75, 3.05) is 49.7 Å². The summed E-state index contributed by atoms with van der Waals surface area (Å²) in [5, 5.41) is 2.67. The first-order valence-corrected chi connectivity index (χ1v) is 13.1. The number of carbonyl (C=O) groups is 1. The smallest absolute Gasteiger partial charge is 0.257 e. The molecule has 2 aromatic rings. The van der Waals surface area contributed by atoms with Crippen molar-refractivity contribution in [2.24, 2.45) is 0 Å². The Morgan fingerprint density at radius 3 is 2.41 bits per heavy atom. The average molecular weight is 504 g/mol. The Morgan fingerprint density at radius 2 is 1.78 bits per heavy atom. The Labute approximate surface area is 191 Å². The fraction of sp³-hybridized carbons (Fsp3) is 0.316. The first kappa shape index (κ1) is 24.3. The lowest BCUT2D eigenvalue weighted by Gasteiger charge is -2.26. The predicted molar refractivity (Wildman–Crippen MR) is 120 cm³/mol. The third kappa shape index (κ3) is 5.70. The molecule has 0 unspecified atom stereocenters. The van der Waals surface area contributed by atoms with Gasteiger partial charge >= 0.3 is 0 Å². The van der Waals surface area contributed by atoms with Crippen LogP contribution in [0.25, 0.3) is 0 Å². The minimum absolute atomic E-state index is 0.0104. The number of rotatable bonds is 7. The Hall–Kier alpha value is -2.38. The number of benzene rings is 2. The Bertz CT molecular complexity index is 1230. The molecule has 0 aromatic heterocycles. The van der Waals surface area contributed by atoms with Gasteiger partial charge in [0.1, 0.15) is 5.75 Å². The maximum absolute atomic E-state index is 13.0. The van der Waals surface area contributed by atoms with E-state index >= 15 is 0 Å². The molecule has 1 heterocycles. The molecule has 2 N–H and O–H groups in total. The number of hydrogen-bond donors (Lipinski definition) is 2. The second-order valence-electron chi connectivity index (χ2n) is 6.90. The van der Waals surface area contributed by atoms with Crippen molar-refractivity contribution in [3.8, 4) is 5.75 Å². The van der Waals surface area contributed by atoms with Crippen LogP contribution in [0.4, 0.5) is 11.4 Å². The molecular weight excluding hydrogens is 482 g/mol. The van der Waals surface area contributed by atoms with E-state index in [0.29, 0.717) is 13.2 Å². The fourth-order valence-corrected chi connectivity index (χ4v) is 5.24. The van der Waals surface area contributed by atoms with E-state index in [0.717, 1.165) is 6.26 Å². The molecule has 174 valence electrons. The van der Waals surface area contributed by atoms with E-state index in [2.05, 4.69) is 10.0 Å². The molecule has 1 fully saturated rings. The first-order chi connectivity index (χ1) is 15.0.